The van der Waals surface area contributed by atoms with Crippen LogP contribution in [0.5, 0.6) is 5.75 Å². The minimum atomic E-state index is 0.0150. The maximum Gasteiger partial charge on any atom is 0.257 e. The fourth-order valence-electron chi connectivity index (χ4n) is 3.22. The van der Waals surface area contributed by atoms with Crippen molar-refractivity contribution < 1.29 is 14.1 Å². The molecule has 1 amide bonds. The number of hydrogen-bond donors (Lipinski definition) is 0. The molecule has 1 aliphatic rings. The van der Waals surface area contributed by atoms with Crippen molar-refractivity contribution in [3.8, 4) is 17.1 Å². The van der Waals surface area contributed by atoms with Crippen LogP contribution < -0.4 is 4.74 Å². The Morgan fingerprint density at radius 2 is 2.04 bits per heavy atom. The highest BCUT2D eigenvalue weighted by atomic mass is 32.1. The van der Waals surface area contributed by atoms with Gasteiger partial charge in [0, 0.05) is 37.1 Å². The summed E-state index contributed by atoms with van der Waals surface area (Å²) in [7, 11) is 0. The van der Waals surface area contributed by atoms with E-state index in [-0.39, 0.29) is 5.91 Å². The number of para-hydroxylation sites is 1. The Morgan fingerprint density at radius 1 is 1.21 bits per heavy atom. The van der Waals surface area contributed by atoms with E-state index in [0.29, 0.717) is 49.3 Å². The van der Waals surface area contributed by atoms with Crippen molar-refractivity contribution >= 4 is 17.2 Å². The third kappa shape index (κ3) is 4.07. The summed E-state index contributed by atoms with van der Waals surface area (Å²) in [6, 6.07) is 9.39. The van der Waals surface area contributed by atoms with Gasteiger partial charge >= 0.3 is 0 Å². The van der Waals surface area contributed by atoms with Gasteiger partial charge in [-0.3, -0.25) is 9.69 Å². The number of piperazine rings is 1. The van der Waals surface area contributed by atoms with Gasteiger partial charge in [-0.2, -0.15) is 16.3 Å². The minimum Gasteiger partial charge on any atom is -0.493 e. The van der Waals surface area contributed by atoms with Crippen molar-refractivity contribution in [3.05, 3.63) is 52.5 Å². The van der Waals surface area contributed by atoms with Gasteiger partial charge in [0.15, 0.2) is 0 Å². The van der Waals surface area contributed by atoms with Gasteiger partial charge in [0.05, 0.1) is 18.7 Å². The first-order valence-electron chi connectivity index (χ1n) is 9.33. The van der Waals surface area contributed by atoms with E-state index in [1.165, 1.54) is 0 Å². The van der Waals surface area contributed by atoms with E-state index in [1.807, 2.05) is 52.9 Å². The van der Waals surface area contributed by atoms with E-state index in [9.17, 15) is 4.79 Å². The van der Waals surface area contributed by atoms with E-state index in [4.69, 9.17) is 9.26 Å². The molecule has 0 bridgehead atoms. The van der Waals surface area contributed by atoms with Gasteiger partial charge in [-0.15, -0.1) is 0 Å². The van der Waals surface area contributed by atoms with Crippen molar-refractivity contribution in [2.24, 2.45) is 0 Å². The normalized spacial score (nSPS) is 15.0. The van der Waals surface area contributed by atoms with Gasteiger partial charge in [0.25, 0.3) is 5.91 Å². The summed E-state index contributed by atoms with van der Waals surface area (Å²) in [6.45, 7) is 5.89. The monoisotopic (exact) mass is 398 g/mol. The zero-order valence-corrected chi connectivity index (χ0v) is 16.5. The first-order chi connectivity index (χ1) is 13.7. The van der Waals surface area contributed by atoms with Crippen molar-refractivity contribution in [1.29, 1.82) is 0 Å². The Balaban J connectivity index is 1.34. The van der Waals surface area contributed by atoms with E-state index >= 15 is 0 Å². The predicted molar refractivity (Wildman–Crippen MR) is 106 cm³/mol. The largest absolute Gasteiger partial charge is 0.493 e. The Hall–Kier alpha value is -2.71. The molecule has 7 nitrogen and oxygen atoms in total. The Kier molecular flexibility index (Phi) is 5.68. The molecule has 3 aromatic rings. The molecule has 1 saturated heterocycles. The van der Waals surface area contributed by atoms with Crippen LogP contribution in [0.4, 0.5) is 0 Å². The third-order valence-corrected chi connectivity index (χ3v) is 5.37. The lowest BCUT2D eigenvalue weighted by molar-refractivity contribution is 0.0611. The van der Waals surface area contributed by atoms with Gasteiger partial charge < -0.3 is 14.2 Å². The van der Waals surface area contributed by atoms with Crippen molar-refractivity contribution in [1.82, 2.24) is 19.9 Å². The predicted octanol–water partition coefficient (Wildman–Crippen LogP) is 3.15. The van der Waals surface area contributed by atoms with E-state index in [2.05, 4.69) is 15.0 Å². The van der Waals surface area contributed by atoms with Crippen LogP contribution in [-0.4, -0.2) is 58.6 Å². The maximum atomic E-state index is 12.9. The molecule has 0 unspecified atom stereocenters. The molecule has 0 saturated carbocycles. The van der Waals surface area contributed by atoms with Gasteiger partial charge in [0.2, 0.25) is 11.7 Å². The molecular formula is C20H22N4O3S. The first kappa shape index (κ1) is 18.6. The maximum absolute atomic E-state index is 12.9. The lowest BCUT2D eigenvalue weighted by Crippen LogP contribution is -2.48. The second kappa shape index (κ2) is 8.53. The summed E-state index contributed by atoms with van der Waals surface area (Å²) < 4.78 is 11.0. The number of hydrogen-bond acceptors (Lipinski definition) is 7. The summed E-state index contributed by atoms with van der Waals surface area (Å²) in [6.07, 6.45) is 0. The number of ether oxygens (including phenoxy) is 1. The minimum absolute atomic E-state index is 0.0150. The average molecular weight is 398 g/mol. The van der Waals surface area contributed by atoms with Gasteiger partial charge in [-0.1, -0.05) is 17.3 Å². The van der Waals surface area contributed by atoms with Crippen molar-refractivity contribution in [2.45, 2.75) is 13.5 Å². The Labute approximate surface area is 167 Å². The quantitative estimate of drug-likeness (QED) is 0.635. The van der Waals surface area contributed by atoms with Crippen LogP contribution in [0.1, 0.15) is 23.2 Å². The summed E-state index contributed by atoms with van der Waals surface area (Å²) in [4.78, 5) is 21.5. The molecule has 1 fully saturated rings. The molecule has 8 heteroatoms. The van der Waals surface area contributed by atoms with E-state index < -0.39 is 0 Å². The molecule has 3 heterocycles. The highest BCUT2D eigenvalue weighted by Crippen LogP contribution is 2.22. The molecule has 1 aliphatic heterocycles. The van der Waals surface area contributed by atoms with Crippen LogP contribution in [0.25, 0.3) is 11.4 Å². The molecule has 1 aromatic carbocycles. The van der Waals surface area contributed by atoms with Crippen LogP contribution in [0, 0.1) is 0 Å². The third-order valence-electron chi connectivity index (χ3n) is 4.68. The van der Waals surface area contributed by atoms with Crippen LogP contribution in [0.15, 0.2) is 45.6 Å². The second-order valence-electron chi connectivity index (χ2n) is 6.52. The average Bonchev–Trinajstić information content (AvgIpc) is 3.41. The first-order valence-corrected chi connectivity index (χ1v) is 10.3. The SMILES string of the molecule is CCOc1ccccc1C(=O)N1CCN(Cc2nc(-c3ccsc3)no2)CC1. The van der Waals surface area contributed by atoms with Crippen LogP contribution in [-0.2, 0) is 6.54 Å². The molecule has 28 heavy (non-hydrogen) atoms. The summed E-state index contributed by atoms with van der Waals surface area (Å²) in [5, 5.41) is 8.04. The zero-order chi connectivity index (χ0) is 19.3. The van der Waals surface area contributed by atoms with Crippen molar-refractivity contribution in [3.63, 3.8) is 0 Å². The summed E-state index contributed by atoms with van der Waals surface area (Å²) in [5.74, 6) is 1.88. The standard InChI is InChI=1S/C20H22N4O3S/c1-2-26-17-6-4-3-5-16(17)20(25)24-10-8-23(9-11-24)13-18-21-19(22-27-18)15-7-12-28-14-15/h3-7,12,14H,2,8-11,13H2,1H3. The number of benzene rings is 1. The van der Waals surface area contributed by atoms with Crippen LogP contribution in [0.2, 0.25) is 0 Å². The number of aromatic nitrogens is 2. The number of carbonyl (C=O) groups excluding carboxylic acids is 1. The number of amides is 1. The number of carbonyl (C=O) groups is 1. The fraction of sp³-hybridized carbons (Fsp3) is 0.350. The topological polar surface area (TPSA) is 71.7 Å². The lowest BCUT2D eigenvalue weighted by atomic mass is 10.1. The molecule has 146 valence electrons. The summed E-state index contributed by atoms with van der Waals surface area (Å²) >= 11 is 1.61. The number of rotatable bonds is 6. The number of thiophene rings is 1. The highest BCUT2D eigenvalue weighted by molar-refractivity contribution is 7.08. The molecule has 2 aromatic heterocycles. The smallest absolute Gasteiger partial charge is 0.257 e. The molecule has 0 radical (unpaired) electrons. The summed E-state index contributed by atoms with van der Waals surface area (Å²) in [5.41, 5.74) is 1.60. The van der Waals surface area contributed by atoms with Gasteiger partial charge in [-0.25, -0.2) is 0 Å². The number of nitrogens with zero attached hydrogens (tertiary/aromatic N) is 4. The van der Waals surface area contributed by atoms with Crippen molar-refractivity contribution in [2.75, 3.05) is 32.8 Å². The molecule has 0 atom stereocenters. The van der Waals surface area contributed by atoms with E-state index in [0.717, 1.165) is 18.7 Å². The molecule has 0 N–H and O–H groups in total. The van der Waals surface area contributed by atoms with Gasteiger partial charge in [-0.05, 0) is 30.5 Å². The fourth-order valence-corrected chi connectivity index (χ4v) is 3.86. The van der Waals surface area contributed by atoms with Crippen LogP contribution in [0.3, 0.4) is 0 Å². The van der Waals surface area contributed by atoms with E-state index in [1.54, 1.807) is 11.3 Å². The molecule has 0 aliphatic carbocycles. The molecular weight excluding hydrogens is 376 g/mol. The lowest BCUT2D eigenvalue weighted by Gasteiger charge is -2.34. The Bertz CT molecular complexity index is 917. The van der Waals surface area contributed by atoms with Gasteiger partial charge in [0.1, 0.15) is 5.75 Å². The zero-order valence-electron chi connectivity index (χ0n) is 15.7. The molecule has 4 rings (SSSR count). The highest BCUT2D eigenvalue weighted by Gasteiger charge is 2.25. The molecule has 0 spiro atoms. The Morgan fingerprint density at radius 3 is 2.79 bits per heavy atom. The van der Waals surface area contributed by atoms with Crippen LogP contribution >= 0.6 is 11.3 Å². The second-order valence-corrected chi connectivity index (χ2v) is 7.30.